The van der Waals surface area contributed by atoms with Crippen LogP contribution in [-0.2, 0) is 9.59 Å². The lowest BCUT2D eigenvalue weighted by Gasteiger charge is -2.24. The number of unbranched alkanes of at least 4 members (excludes halogenated alkanes) is 2. The summed E-state index contributed by atoms with van der Waals surface area (Å²) in [5.74, 6) is -0.00576. The molecule has 1 aliphatic heterocycles. The summed E-state index contributed by atoms with van der Waals surface area (Å²) >= 11 is 0. The van der Waals surface area contributed by atoms with E-state index < -0.39 is 0 Å². The van der Waals surface area contributed by atoms with Crippen LogP contribution in [0.4, 0.5) is 5.69 Å². The molecule has 23 heavy (non-hydrogen) atoms. The number of rotatable bonds is 7. The molecule has 0 radical (unpaired) electrons. The number of hydrogen-bond donors (Lipinski definition) is 0. The van der Waals surface area contributed by atoms with Crippen LogP contribution in [-0.4, -0.2) is 36.3 Å². The predicted octanol–water partition coefficient (Wildman–Crippen LogP) is 3.39. The molecule has 0 aromatic heterocycles. The zero-order valence-electron chi connectivity index (χ0n) is 14.5. The van der Waals surface area contributed by atoms with Gasteiger partial charge >= 0.3 is 0 Å². The van der Waals surface area contributed by atoms with Gasteiger partial charge < -0.3 is 9.80 Å². The standard InChI is InChI=1S/C19H28N2O2/c1-4-6-7-11-20-14-16(13-18(20)22)19(23)21(5-2)17-10-8-9-15(3)12-17/h8-10,12,16H,4-7,11,13-14H2,1-3H3. The molecule has 1 aromatic rings. The van der Waals surface area contributed by atoms with Crippen LogP contribution < -0.4 is 4.90 Å². The monoisotopic (exact) mass is 316 g/mol. The van der Waals surface area contributed by atoms with E-state index >= 15 is 0 Å². The molecule has 4 nitrogen and oxygen atoms in total. The quantitative estimate of drug-likeness (QED) is 0.724. The molecule has 1 atom stereocenters. The van der Waals surface area contributed by atoms with Crippen molar-refractivity contribution in [2.24, 2.45) is 5.92 Å². The van der Waals surface area contributed by atoms with E-state index in [9.17, 15) is 9.59 Å². The van der Waals surface area contributed by atoms with Crippen LogP contribution in [0.2, 0.25) is 0 Å². The molecule has 1 saturated heterocycles. The maximum absolute atomic E-state index is 12.9. The Morgan fingerprint density at radius 1 is 1.30 bits per heavy atom. The van der Waals surface area contributed by atoms with Crippen molar-refractivity contribution in [1.82, 2.24) is 4.90 Å². The summed E-state index contributed by atoms with van der Waals surface area (Å²) in [5, 5.41) is 0. The van der Waals surface area contributed by atoms with Gasteiger partial charge in [0.25, 0.3) is 0 Å². The second-order valence-corrected chi connectivity index (χ2v) is 6.37. The fourth-order valence-electron chi connectivity index (χ4n) is 3.19. The molecule has 4 heteroatoms. The summed E-state index contributed by atoms with van der Waals surface area (Å²) in [4.78, 5) is 28.7. The normalized spacial score (nSPS) is 17.6. The molecule has 2 amide bonds. The Morgan fingerprint density at radius 3 is 2.74 bits per heavy atom. The van der Waals surface area contributed by atoms with Gasteiger partial charge in [0.15, 0.2) is 0 Å². The maximum Gasteiger partial charge on any atom is 0.232 e. The average molecular weight is 316 g/mol. The van der Waals surface area contributed by atoms with E-state index in [2.05, 4.69) is 6.92 Å². The minimum Gasteiger partial charge on any atom is -0.342 e. The van der Waals surface area contributed by atoms with Gasteiger partial charge in [-0.25, -0.2) is 0 Å². The first-order valence-corrected chi connectivity index (χ1v) is 8.72. The van der Waals surface area contributed by atoms with Crippen molar-refractivity contribution in [3.8, 4) is 0 Å². The molecule has 126 valence electrons. The third kappa shape index (κ3) is 4.34. The first kappa shape index (κ1) is 17.5. The van der Waals surface area contributed by atoms with Crippen LogP contribution in [0.25, 0.3) is 0 Å². The molecule has 0 spiro atoms. The number of carbonyl (C=O) groups excluding carboxylic acids is 2. The van der Waals surface area contributed by atoms with E-state index in [1.165, 1.54) is 0 Å². The minimum atomic E-state index is -0.204. The molecule has 0 bridgehead atoms. The lowest BCUT2D eigenvalue weighted by atomic mass is 10.1. The zero-order chi connectivity index (χ0) is 16.8. The molecule has 0 aliphatic carbocycles. The molecule has 1 fully saturated rings. The van der Waals surface area contributed by atoms with Gasteiger partial charge in [0, 0.05) is 31.7 Å². The number of hydrogen-bond acceptors (Lipinski definition) is 2. The van der Waals surface area contributed by atoms with Gasteiger partial charge in [-0.1, -0.05) is 31.9 Å². The summed E-state index contributed by atoms with van der Waals surface area (Å²) in [7, 11) is 0. The molecule has 2 rings (SSSR count). The Labute approximate surface area is 139 Å². The highest BCUT2D eigenvalue weighted by molar-refractivity contribution is 5.99. The molecule has 0 saturated carbocycles. The minimum absolute atomic E-state index is 0.0736. The molecule has 1 aromatic carbocycles. The van der Waals surface area contributed by atoms with E-state index in [-0.39, 0.29) is 17.7 Å². The third-order valence-corrected chi connectivity index (χ3v) is 4.49. The van der Waals surface area contributed by atoms with Gasteiger partial charge in [-0.2, -0.15) is 0 Å². The topological polar surface area (TPSA) is 40.6 Å². The zero-order valence-corrected chi connectivity index (χ0v) is 14.5. The summed E-state index contributed by atoms with van der Waals surface area (Å²) < 4.78 is 0. The first-order chi connectivity index (χ1) is 11.1. The van der Waals surface area contributed by atoms with Crippen LogP contribution in [0.3, 0.4) is 0 Å². The fourth-order valence-corrected chi connectivity index (χ4v) is 3.19. The van der Waals surface area contributed by atoms with Crippen molar-refractivity contribution in [3.63, 3.8) is 0 Å². The predicted molar refractivity (Wildman–Crippen MR) is 93.4 cm³/mol. The Morgan fingerprint density at radius 2 is 2.09 bits per heavy atom. The fraction of sp³-hybridized carbons (Fsp3) is 0.579. The van der Waals surface area contributed by atoms with E-state index in [1.807, 2.05) is 43.0 Å². The third-order valence-electron chi connectivity index (χ3n) is 4.49. The van der Waals surface area contributed by atoms with Crippen molar-refractivity contribution in [2.45, 2.75) is 46.5 Å². The van der Waals surface area contributed by atoms with Crippen LogP contribution >= 0.6 is 0 Å². The molecule has 1 heterocycles. The Bertz CT molecular complexity index is 556. The van der Waals surface area contributed by atoms with Crippen molar-refractivity contribution in [3.05, 3.63) is 29.8 Å². The van der Waals surface area contributed by atoms with Crippen LogP contribution in [0, 0.1) is 12.8 Å². The van der Waals surface area contributed by atoms with E-state index in [1.54, 1.807) is 4.90 Å². The Hall–Kier alpha value is -1.84. The molecular formula is C19H28N2O2. The van der Waals surface area contributed by atoms with Gasteiger partial charge in [0.2, 0.25) is 11.8 Å². The van der Waals surface area contributed by atoms with Gasteiger partial charge in [-0.05, 0) is 38.0 Å². The molecule has 1 aliphatic rings. The van der Waals surface area contributed by atoms with Crippen molar-refractivity contribution in [2.75, 3.05) is 24.5 Å². The maximum atomic E-state index is 12.9. The van der Waals surface area contributed by atoms with E-state index in [0.29, 0.717) is 19.5 Å². The largest absolute Gasteiger partial charge is 0.342 e. The summed E-state index contributed by atoms with van der Waals surface area (Å²) in [5.41, 5.74) is 2.06. The van der Waals surface area contributed by atoms with Gasteiger partial charge in [0.05, 0.1) is 5.92 Å². The SMILES string of the molecule is CCCCCN1CC(C(=O)N(CC)c2cccc(C)c2)CC1=O. The van der Waals surface area contributed by atoms with Crippen molar-refractivity contribution < 1.29 is 9.59 Å². The highest BCUT2D eigenvalue weighted by atomic mass is 16.2. The number of benzene rings is 1. The molecular weight excluding hydrogens is 288 g/mol. The molecule has 1 unspecified atom stereocenters. The van der Waals surface area contributed by atoms with E-state index in [0.717, 1.165) is 37.1 Å². The lowest BCUT2D eigenvalue weighted by Crippen LogP contribution is -2.37. The lowest BCUT2D eigenvalue weighted by molar-refractivity contribution is -0.128. The van der Waals surface area contributed by atoms with Gasteiger partial charge in [0.1, 0.15) is 0 Å². The first-order valence-electron chi connectivity index (χ1n) is 8.72. The van der Waals surface area contributed by atoms with E-state index in [4.69, 9.17) is 0 Å². The highest BCUT2D eigenvalue weighted by Gasteiger charge is 2.36. The summed E-state index contributed by atoms with van der Waals surface area (Å²) in [6, 6.07) is 7.98. The van der Waals surface area contributed by atoms with Crippen LogP contribution in [0.1, 0.15) is 45.1 Å². The number of amides is 2. The van der Waals surface area contributed by atoms with Gasteiger partial charge in [-0.3, -0.25) is 9.59 Å². The van der Waals surface area contributed by atoms with Crippen molar-refractivity contribution >= 4 is 17.5 Å². The van der Waals surface area contributed by atoms with Crippen molar-refractivity contribution in [1.29, 1.82) is 0 Å². The second-order valence-electron chi connectivity index (χ2n) is 6.37. The number of nitrogens with zero attached hydrogens (tertiary/aromatic N) is 2. The summed E-state index contributed by atoms with van der Waals surface area (Å²) in [6.07, 6.45) is 3.65. The molecule has 0 N–H and O–H groups in total. The summed E-state index contributed by atoms with van der Waals surface area (Å²) in [6.45, 7) is 8.14. The van der Waals surface area contributed by atoms with Crippen LogP contribution in [0.5, 0.6) is 0 Å². The second kappa shape index (κ2) is 8.14. The number of likely N-dealkylation sites (tertiary alicyclic amines) is 1. The highest BCUT2D eigenvalue weighted by Crippen LogP contribution is 2.24. The number of anilines is 1. The Balaban J connectivity index is 2.03. The number of aryl methyl sites for hydroxylation is 1. The van der Waals surface area contributed by atoms with Crippen LogP contribution in [0.15, 0.2) is 24.3 Å². The van der Waals surface area contributed by atoms with Gasteiger partial charge in [-0.15, -0.1) is 0 Å². The average Bonchev–Trinajstić information content (AvgIpc) is 2.89. The number of carbonyl (C=O) groups is 2. The Kier molecular flexibility index (Phi) is 6.20. The smallest absolute Gasteiger partial charge is 0.232 e.